The van der Waals surface area contributed by atoms with E-state index in [2.05, 4.69) is 11.4 Å². The third-order valence-electron chi connectivity index (χ3n) is 3.33. The number of hydrogen-bond donors (Lipinski definition) is 1. The van der Waals surface area contributed by atoms with Gasteiger partial charge in [0.25, 0.3) is 0 Å². The van der Waals surface area contributed by atoms with Crippen molar-refractivity contribution in [3.05, 3.63) is 30.1 Å². The molecule has 18 heavy (non-hydrogen) atoms. The highest BCUT2D eigenvalue weighted by Crippen LogP contribution is 2.40. The van der Waals surface area contributed by atoms with Gasteiger partial charge in [-0.2, -0.15) is 5.26 Å². The predicted octanol–water partition coefficient (Wildman–Crippen LogP) is 3.34. The first kappa shape index (κ1) is 13.4. The van der Waals surface area contributed by atoms with Crippen LogP contribution in [0.3, 0.4) is 0 Å². The molecule has 1 aliphatic rings. The highest BCUT2D eigenvalue weighted by Gasteiger charge is 2.39. The summed E-state index contributed by atoms with van der Waals surface area (Å²) in [5.41, 5.74) is -0.405. The van der Waals surface area contributed by atoms with E-state index in [1.807, 2.05) is 13.0 Å². The molecule has 0 radical (unpaired) electrons. The zero-order valence-electron chi connectivity index (χ0n) is 10.4. The summed E-state index contributed by atoms with van der Waals surface area (Å²) in [7, 11) is 0. The summed E-state index contributed by atoms with van der Waals surface area (Å²) in [4.78, 5) is 0.688. The molecule has 0 bridgehead atoms. The summed E-state index contributed by atoms with van der Waals surface area (Å²) >= 11 is 1.56. The average Bonchev–Trinajstić information content (AvgIpc) is 2.77. The van der Waals surface area contributed by atoms with Crippen molar-refractivity contribution >= 4 is 11.8 Å². The number of hydrogen-bond acceptors (Lipinski definition) is 3. The van der Waals surface area contributed by atoms with E-state index in [0.717, 1.165) is 25.8 Å². The molecule has 0 spiro atoms. The summed E-state index contributed by atoms with van der Waals surface area (Å²) in [5, 5.41) is 12.9. The molecule has 2 nitrogen and oxygen atoms in total. The van der Waals surface area contributed by atoms with Gasteiger partial charge in [0.1, 0.15) is 11.4 Å². The lowest BCUT2D eigenvalue weighted by atomic mass is 10.0. The van der Waals surface area contributed by atoms with Crippen molar-refractivity contribution in [1.82, 2.24) is 5.32 Å². The molecular weight excluding hydrogens is 247 g/mol. The van der Waals surface area contributed by atoms with Gasteiger partial charge in [-0.05, 0) is 37.9 Å². The second kappa shape index (κ2) is 5.73. The maximum atomic E-state index is 13.6. The molecular formula is C14H17FN2S. The third kappa shape index (κ3) is 2.85. The SMILES string of the molecule is CCNC1(C#N)CCC(Sc2ccccc2F)C1. The first-order valence-corrected chi connectivity index (χ1v) is 7.14. The minimum absolute atomic E-state index is 0.166. The lowest BCUT2D eigenvalue weighted by molar-refractivity contribution is 0.436. The molecule has 0 heterocycles. The highest BCUT2D eigenvalue weighted by molar-refractivity contribution is 8.00. The van der Waals surface area contributed by atoms with E-state index in [0.29, 0.717) is 10.1 Å². The summed E-state index contributed by atoms with van der Waals surface area (Å²) in [6.45, 7) is 2.81. The van der Waals surface area contributed by atoms with E-state index in [1.165, 1.54) is 6.07 Å². The second-order valence-electron chi connectivity index (χ2n) is 4.64. The lowest BCUT2D eigenvalue weighted by Gasteiger charge is -2.21. The van der Waals surface area contributed by atoms with Crippen LogP contribution >= 0.6 is 11.8 Å². The Morgan fingerprint density at radius 2 is 2.33 bits per heavy atom. The predicted molar refractivity (Wildman–Crippen MR) is 71.9 cm³/mol. The van der Waals surface area contributed by atoms with Crippen LogP contribution in [0.2, 0.25) is 0 Å². The van der Waals surface area contributed by atoms with Gasteiger partial charge in [-0.3, -0.25) is 5.32 Å². The smallest absolute Gasteiger partial charge is 0.136 e. The Bertz CT molecular complexity index is 457. The van der Waals surface area contributed by atoms with Crippen molar-refractivity contribution in [1.29, 1.82) is 5.26 Å². The standard InChI is InChI=1S/C14H17FN2S/c1-2-17-14(10-16)8-7-11(9-14)18-13-6-4-3-5-12(13)15/h3-6,11,17H,2,7-9H2,1H3. The maximum absolute atomic E-state index is 13.6. The van der Waals surface area contributed by atoms with Crippen molar-refractivity contribution in [2.75, 3.05) is 6.54 Å². The molecule has 2 rings (SSSR count). The van der Waals surface area contributed by atoms with E-state index in [-0.39, 0.29) is 5.82 Å². The molecule has 2 unspecified atom stereocenters. The second-order valence-corrected chi connectivity index (χ2v) is 5.98. The van der Waals surface area contributed by atoms with Gasteiger partial charge in [-0.1, -0.05) is 19.1 Å². The van der Waals surface area contributed by atoms with E-state index in [9.17, 15) is 9.65 Å². The van der Waals surface area contributed by atoms with E-state index in [4.69, 9.17) is 0 Å². The molecule has 4 heteroatoms. The third-order valence-corrected chi connectivity index (χ3v) is 4.65. The monoisotopic (exact) mass is 264 g/mol. The van der Waals surface area contributed by atoms with Gasteiger partial charge in [-0.25, -0.2) is 4.39 Å². The van der Waals surface area contributed by atoms with Crippen molar-refractivity contribution in [3.8, 4) is 6.07 Å². The van der Waals surface area contributed by atoms with E-state index in [1.54, 1.807) is 23.9 Å². The highest BCUT2D eigenvalue weighted by atomic mass is 32.2. The molecule has 0 aliphatic heterocycles. The molecule has 1 fully saturated rings. The molecule has 1 aromatic carbocycles. The van der Waals surface area contributed by atoms with Gasteiger partial charge in [0.15, 0.2) is 0 Å². The van der Waals surface area contributed by atoms with Crippen molar-refractivity contribution < 1.29 is 4.39 Å². The summed E-state index contributed by atoms with van der Waals surface area (Å²) in [6.07, 6.45) is 2.60. The summed E-state index contributed by atoms with van der Waals surface area (Å²) < 4.78 is 13.6. The molecule has 1 aliphatic carbocycles. The normalized spacial score (nSPS) is 27.1. The van der Waals surface area contributed by atoms with Gasteiger partial charge in [0.2, 0.25) is 0 Å². The van der Waals surface area contributed by atoms with Crippen LogP contribution in [0.25, 0.3) is 0 Å². The van der Waals surface area contributed by atoms with Crippen LogP contribution < -0.4 is 5.32 Å². The maximum Gasteiger partial charge on any atom is 0.136 e. The van der Waals surface area contributed by atoms with Gasteiger partial charge >= 0.3 is 0 Å². The zero-order valence-corrected chi connectivity index (χ0v) is 11.3. The summed E-state index contributed by atoms with van der Waals surface area (Å²) in [5.74, 6) is -0.166. The van der Waals surface area contributed by atoms with Crippen LogP contribution in [0.1, 0.15) is 26.2 Å². The van der Waals surface area contributed by atoms with Gasteiger partial charge in [0.05, 0.1) is 6.07 Å². The number of nitrogens with one attached hydrogen (secondary N) is 1. The molecule has 0 aromatic heterocycles. The average molecular weight is 264 g/mol. The fourth-order valence-electron chi connectivity index (χ4n) is 2.46. The topological polar surface area (TPSA) is 35.8 Å². The van der Waals surface area contributed by atoms with Crippen LogP contribution in [-0.4, -0.2) is 17.3 Å². The number of rotatable bonds is 4. The minimum atomic E-state index is -0.405. The van der Waals surface area contributed by atoms with Crippen LogP contribution in [0, 0.1) is 17.1 Å². The van der Waals surface area contributed by atoms with Gasteiger partial charge in [0, 0.05) is 10.1 Å². The van der Waals surface area contributed by atoms with Crippen molar-refractivity contribution in [2.45, 2.75) is 41.9 Å². The van der Waals surface area contributed by atoms with Crippen LogP contribution in [0.4, 0.5) is 4.39 Å². The van der Waals surface area contributed by atoms with Crippen LogP contribution in [0.5, 0.6) is 0 Å². The van der Waals surface area contributed by atoms with Crippen LogP contribution in [-0.2, 0) is 0 Å². The molecule has 0 amide bonds. The number of halogens is 1. The largest absolute Gasteiger partial charge is 0.300 e. The quantitative estimate of drug-likeness (QED) is 0.906. The minimum Gasteiger partial charge on any atom is -0.300 e. The van der Waals surface area contributed by atoms with Gasteiger partial charge < -0.3 is 0 Å². The Labute approximate surface area is 112 Å². The molecule has 96 valence electrons. The number of nitriles is 1. The number of thioether (sulfide) groups is 1. The van der Waals surface area contributed by atoms with E-state index >= 15 is 0 Å². The fourth-order valence-corrected chi connectivity index (χ4v) is 3.76. The molecule has 1 aromatic rings. The van der Waals surface area contributed by atoms with Gasteiger partial charge in [-0.15, -0.1) is 11.8 Å². The molecule has 0 saturated heterocycles. The van der Waals surface area contributed by atoms with Crippen molar-refractivity contribution in [2.24, 2.45) is 0 Å². The number of nitrogens with zero attached hydrogens (tertiary/aromatic N) is 1. The molecule has 1 saturated carbocycles. The number of benzene rings is 1. The fraction of sp³-hybridized carbons (Fsp3) is 0.500. The van der Waals surface area contributed by atoms with Crippen molar-refractivity contribution in [3.63, 3.8) is 0 Å². The molecule has 1 N–H and O–H groups in total. The van der Waals surface area contributed by atoms with Crippen LogP contribution in [0.15, 0.2) is 29.2 Å². The Hall–Kier alpha value is -1.05. The summed E-state index contributed by atoms with van der Waals surface area (Å²) in [6, 6.07) is 9.23. The zero-order chi connectivity index (χ0) is 13.0. The molecule has 2 atom stereocenters. The first-order chi connectivity index (χ1) is 8.69. The Morgan fingerprint density at radius 3 is 3.00 bits per heavy atom. The lowest BCUT2D eigenvalue weighted by Crippen LogP contribution is -2.41. The Kier molecular flexibility index (Phi) is 4.26. The Balaban J connectivity index is 2.02. The Morgan fingerprint density at radius 1 is 1.56 bits per heavy atom. The van der Waals surface area contributed by atoms with E-state index < -0.39 is 5.54 Å². The first-order valence-electron chi connectivity index (χ1n) is 6.26.